The number of amides is 2. The summed E-state index contributed by atoms with van der Waals surface area (Å²) in [5, 5.41) is 2.90. The van der Waals surface area contributed by atoms with Gasteiger partial charge in [0.1, 0.15) is 0 Å². The van der Waals surface area contributed by atoms with Gasteiger partial charge in [-0.15, -0.1) is 0 Å². The monoisotopic (exact) mass is 467 g/mol. The van der Waals surface area contributed by atoms with Crippen LogP contribution < -0.4 is 11.1 Å². The van der Waals surface area contributed by atoms with Gasteiger partial charge in [0.15, 0.2) is 0 Å². The van der Waals surface area contributed by atoms with Gasteiger partial charge in [-0.1, -0.05) is 54.6 Å². The predicted molar refractivity (Wildman–Crippen MR) is 133 cm³/mol. The average molecular weight is 468 g/mol. The highest BCUT2D eigenvalue weighted by Crippen LogP contribution is 2.23. The second-order valence-electron chi connectivity index (χ2n) is 8.54. The summed E-state index contributed by atoms with van der Waals surface area (Å²) in [6.07, 6.45) is 3.57. The van der Waals surface area contributed by atoms with Crippen LogP contribution in [0.3, 0.4) is 0 Å². The largest absolute Gasteiger partial charge is 0.378 e. The zero-order chi connectivity index (χ0) is 24.0. The maximum absolute atomic E-state index is 13.1. The minimum absolute atomic E-state index is 0.0418. The molecule has 0 aromatic heterocycles. The Morgan fingerprint density at radius 3 is 2.35 bits per heavy atom. The Morgan fingerprint density at radius 1 is 0.912 bits per heavy atom. The minimum Gasteiger partial charge on any atom is -0.378 e. The van der Waals surface area contributed by atoms with Gasteiger partial charge in [0.2, 0.25) is 11.8 Å². The maximum Gasteiger partial charge on any atom is 0.227 e. The van der Waals surface area contributed by atoms with Crippen LogP contribution >= 0.6 is 0 Å². The van der Waals surface area contributed by atoms with Gasteiger partial charge in [0, 0.05) is 32.1 Å². The number of nitrogens with two attached hydrogens (primary N) is 1. The third-order valence-electron chi connectivity index (χ3n) is 5.99. The lowest BCUT2D eigenvalue weighted by Gasteiger charge is -2.35. The Labute approximate surface area is 202 Å². The molecule has 0 spiro atoms. The molecule has 1 aliphatic rings. The van der Waals surface area contributed by atoms with Crippen molar-refractivity contribution >= 4 is 11.8 Å². The molecule has 7 nitrogen and oxygen atoms in total. The summed E-state index contributed by atoms with van der Waals surface area (Å²) < 4.78 is 10.7. The van der Waals surface area contributed by atoms with Crippen molar-refractivity contribution in [2.45, 2.75) is 38.1 Å². The van der Waals surface area contributed by atoms with Crippen LogP contribution in [0.5, 0.6) is 0 Å². The fourth-order valence-corrected chi connectivity index (χ4v) is 4.22. The first kappa shape index (κ1) is 25.9. The van der Waals surface area contributed by atoms with Crippen molar-refractivity contribution in [3.8, 4) is 11.1 Å². The molecule has 34 heavy (non-hydrogen) atoms. The summed E-state index contributed by atoms with van der Waals surface area (Å²) in [6.45, 7) is 3.60. The van der Waals surface area contributed by atoms with Gasteiger partial charge < -0.3 is 25.4 Å². The van der Waals surface area contributed by atoms with E-state index in [4.69, 9.17) is 15.2 Å². The summed E-state index contributed by atoms with van der Waals surface area (Å²) in [6, 6.07) is 18.3. The fraction of sp³-hybridized carbons (Fsp3) is 0.481. The van der Waals surface area contributed by atoms with Crippen molar-refractivity contribution in [1.29, 1.82) is 0 Å². The van der Waals surface area contributed by atoms with Crippen LogP contribution in [0.4, 0.5) is 0 Å². The SMILES string of the molecule is NCCOCCOCCNC(=O)CC1CCCCN1C(=O)Cc1ccc(-c2ccccc2)cc1. The Bertz CT molecular complexity index is 873. The van der Waals surface area contributed by atoms with Gasteiger partial charge in [-0.3, -0.25) is 9.59 Å². The molecule has 0 saturated carbocycles. The second-order valence-corrected chi connectivity index (χ2v) is 8.54. The molecule has 2 aromatic carbocycles. The van der Waals surface area contributed by atoms with Gasteiger partial charge in [-0.25, -0.2) is 0 Å². The Morgan fingerprint density at radius 2 is 1.62 bits per heavy atom. The van der Waals surface area contributed by atoms with Crippen LogP contribution in [0.1, 0.15) is 31.2 Å². The van der Waals surface area contributed by atoms with Crippen molar-refractivity contribution < 1.29 is 19.1 Å². The summed E-state index contributed by atoms with van der Waals surface area (Å²) in [5.74, 6) is 0.0469. The molecule has 1 heterocycles. The van der Waals surface area contributed by atoms with E-state index in [-0.39, 0.29) is 17.9 Å². The maximum atomic E-state index is 13.1. The third kappa shape index (κ3) is 8.56. The van der Waals surface area contributed by atoms with Crippen LogP contribution in [-0.4, -0.2) is 68.8 Å². The number of carbonyl (C=O) groups is 2. The topological polar surface area (TPSA) is 93.9 Å². The highest BCUT2D eigenvalue weighted by molar-refractivity contribution is 5.81. The summed E-state index contributed by atoms with van der Waals surface area (Å²) in [5.41, 5.74) is 8.64. The molecule has 1 unspecified atom stereocenters. The lowest BCUT2D eigenvalue weighted by atomic mass is 9.97. The highest BCUT2D eigenvalue weighted by Gasteiger charge is 2.28. The third-order valence-corrected chi connectivity index (χ3v) is 5.99. The number of carbonyl (C=O) groups excluding carboxylic acids is 2. The molecule has 1 saturated heterocycles. The molecule has 2 amide bonds. The van der Waals surface area contributed by atoms with E-state index in [9.17, 15) is 9.59 Å². The van der Waals surface area contributed by atoms with Crippen LogP contribution in [0.2, 0.25) is 0 Å². The van der Waals surface area contributed by atoms with Crippen molar-refractivity contribution in [2.75, 3.05) is 46.1 Å². The number of benzene rings is 2. The van der Waals surface area contributed by atoms with Crippen LogP contribution in [-0.2, 0) is 25.5 Å². The molecule has 0 bridgehead atoms. The molecule has 1 atom stereocenters. The van der Waals surface area contributed by atoms with E-state index in [1.807, 2.05) is 35.2 Å². The molecule has 2 aromatic rings. The van der Waals surface area contributed by atoms with Crippen molar-refractivity contribution in [3.05, 3.63) is 60.2 Å². The van der Waals surface area contributed by atoms with Gasteiger partial charge >= 0.3 is 0 Å². The number of hydrogen-bond acceptors (Lipinski definition) is 5. The first-order valence-electron chi connectivity index (χ1n) is 12.2. The zero-order valence-electron chi connectivity index (χ0n) is 19.9. The van der Waals surface area contributed by atoms with Crippen molar-refractivity contribution in [2.24, 2.45) is 5.73 Å². The number of piperidine rings is 1. The number of nitrogens with one attached hydrogen (secondary N) is 1. The van der Waals surface area contributed by atoms with Crippen LogP contribution in [0.25, 0.3) is 11.1 Å². The quantitative estimate of drug-likeness (QED) is 0.442. The Kier molecular flexibility index (Phi) is 11.0. The Balaban J connectivity index is 1.43. The van der Waals surface area contributed by atoms with Crippen LogP contribution in [0.15, 0.2) is 54.6 Å². The van der Waals surface area contributed by atoms with E-state index in [0.29, 0.717) is 58.9 Å². The number of likely N-dealkylation sites (tertiary alicyclic amines) is 1. The molecule has 0 aliphatic carbocycles. The molecule has 3 rings (SSSR count). The number of ether oxygens (including phenoxy) is 2. The normalized spacial score (nSPS) is 15.8. The molecule has 184 valence electrons. The summed E-state index contributed by atoms with van der Waals surface area (Å²) in [4.78, 5) is 27.4. The predicted octanol–water partition coefficient (Wildman–Crippen LogP) is 2.78. The molecule has 1 aliphatic heterocycles. The summed E-state index contributed by atoms with van der Waals surface area (Å²) in [7, 11) is 0. The van der Waals surface area contributed by atoms with E-state index >= 15 is 0 Å². The van der Waals surface area contributed by atoms with E-state index in [0.717, 1.165) is 36.0 Å². The highest BCUT2D eigenvalue weighted by atomic mass is 16.5. The standard InChI is InChI=1S/C27H37N3O4/c28-13-16-33-18-19-34-17-14-29-26(31)21-25-8-4-5-15-30(25)27(32)20-22-9-11-24(12-10-22)23-6-2-1-3-7-23/h1-3,6-7,9-12,25H,4-5,8,13-21,28H2,(H,29,31). The number of hydrogen-bond donors (Lipinski definition) is 2. The van der Waals surface area contributed by atoms with E-state index in [1.165, 1.54) is 0 Å². The van der Waals surface area contributed by atoms with Gasteiger partial charge in [-0.05, 0) is 36.0 Å². The molecule has 1 fully saturated rings. The number of nitrogens with zero attached hydrogens (tertiary/aromatic N) is 1. The molecular formula is C27H37N3O4. The van der Waals surface area contributed by atoms with Crippen molar-refractivity contribution in [1.82, 2.24) is 10.2 Å². The summed E-state index contributed by atoms with van der Waals surface area (Å²) >= 11 is 0. The van der Waals surface area contributed by atoms with Gasteiger partial charge in [-0.2, -0.15) is 0 Å². The minimum atomic E-state index is -0.0459. The lowest BCUT2D eigenvalue weighted by molar-refractivity contribution is -0.135. The van der Waals surface area contributed by atoms with E-state index in [2.05, 4.69) is 29.6 Å². The lowest BCUT2D eigenvalue weighted by Crippen LogP contribution is -2.46. The smallest absolute Gasteiger partial charge is 0.227 e. The van der Waals surface area contributed by atoms with E-state index in [1.54, 1.807) is 0 Å². The zero-order valence-corrected chi connectivity index (χ0v) is 19.9. The average Bonchev–Trinajstić information content (AvgIpc) is 2.87. The van der Waals surface area contributed by atoms with Crippen LogP contribution in [0, 0.1) is 0 Å². The number of rotatable bonds is 13. The van der Waals surface area contributed by atoms with Gasteiger partial charge in [0.25, 0.3) is 0 Å². The van der Waals surface area contributed by atoms with E-state index < -0.39 is 0 Å². The molecule has 7 heteroatoms. The second kappa shape index (κ2) is 14.5. The molecule has 3 N–H and O–H groups in total. The van der Waals surface area contributed by atoms with Crippen molar-refractivity contribution in [3.63, 3.8) is 0 Å². The van der Waals surface area contributed by atoms with Gasteiger partial charge in [0.05, 0.1) is 32.8 Å². The Hall–Kier alpha value is -2.74. The fourth-order valence-electron chi connectivity index (χ4n) is 4.22. The molecule has 0 radical (unpaired) electrons. The first-order valence-corrected chi connectivity index (χ1v) is 12.2. The first-order chi connectivity index (χ1) is 16.7. The molecular weight excluding hydrogens is 430 g/mol.